The van der Waals surface area contributed by atoms with Crippen LogP contribution in [0.25, 0.3) is 0 Å². The zero-order chi connectivity index (χ0) is 21.9. The molecular weight excluding hydrogens is 364 g/mol. The molecule has 0 bridgehead atoms. The summed E-state index contributed by atoms with van der Waals surface area (Å²) >= 11 is 0. The molecule has 0 aliphatic carbocycles. The summed E-state index contributed by atoms with van der Waals surface area (Å²) in [6, 6.07) is 0.594. The van der Waals surface area contributed by atoms with Gasteiger partial charge in [-0.25, -0.2) is 4.98 Å². The fourth-order valence-corrected chi connectivity index (χ4v) is 4.76. The zero-order valence-corrected chi connectivity index (χ0v) is 21.1. The SMILES string of the molecule is CCCCCCCCCCC(C)n1ccnc1C(CCCCC)CCCCCCC. The Balaban J connectivity index is 2.46. The van der Waals surface area contributed by atoms with Crippen LogP contribution >= 0.6 is 0 Å². The van der Waals surface area contributed by atoms with Crippen LogP contribution in [-0.2, 0) is 0 Å². The number of nitrogens with zero attached hydrogens (tertiary/aromatic N) is 2. The Morgan fingerprint density at radius 2 is 1.07 bits per heavy atom. The van der Waals surface area contributed by atoms with E-state index in [1.165, 1.54) is 128 Å². The summed E-state index contributed by atoms with van der Waals surface area (Å²) in [5.41, 5.74) is 0. The monoisotopic (exact) mass is 418 g/mol. The third kappa shape index (κ3) is 12.2. The van der Waals surface area contributed by atoms with Crippen molar-refractivity contribution in [1.29, 1.82) is 0 Å². The minimum absolute atomic E-state index is 0.594. The molecule has 1 rings (SSSR count). The third-order valence-corrected chi connectivity index (χ3v) is 6.83. The first-order chi connectivity index (χ1) is 14.7. The van der Waals surface area contributed by atoms with E-state index in [0.717, 1.165) is 0 Å². The molecule has 0 saturated heterocycles. The van der Waals surface area contributed by atoms with E-state index in [1.54, 1.807) is 0 Å². The smallest absolute Gasteiger partial charge is 0.111 e. The number of unbranched alkanes of at least 4 members (excludes halogenated alkanes) is 13. The summed E-state index contributed by atoms with van der Waals surface area (Å²) in [5.74, 6) is 2.04. The van der Waals surface area contributed by atoms with Gasteiger partial charge in [0.2, 0.25) is 0 Å². The van der Waals surface area contributed by atoms with Gasteiger partial charge in [0.15, 0.2) is 0 Å². The van der Waals surface area contributed by atoms with Crippen LogP contribution in [0.15, 0.2) is 12.4 Å². The molecule has 0 N–H and O–H groups in total. The van der Waals surface area contributed by atoms with Crippen molar-refractivity contribution in [2.75, 3.05) is 0 Å². The van der Waals surface area contributed by atoms with Gasteiger partial charge in [-0.05, 0) is 26.2 Å². The average molecular weight is 419 g/mol. The fourth-order valence-electron chi connectivity index (χ4n) is 4.76. The minimum atomic E-state index is 0.594. The molecule has 2 nitrogen and oxygen atoms in total. The van der Waals surface area contributed by atoms with Crippen LogP contribution in [0.5, 0.6) is 0 Å². The number of rotatable bonds is 21. The highest BCUT2D eigenvalue weighted by Gasteiger charge is 2.19. The molecule has 176 valence electrons. The second kappa shape index (κ2) is 18.9. The molecule has 0 amide bonds. The largest absolute Gasteiger partial charge is 0.332 e. The maximum absolute atomic E-state index is 4.88. The minimum Gasteiger partial charge on any atom is -0.332 e. The van der Waals surface area contributed by atoms with Crippen LogP contribution in [0.4, 0.5) is 0 Å². The topological polar surface area (TPSA) is 17.8 Å². The van der Waals surface area contributed by atoms with Crippen molar-refractivity contribution >= 4 is 0 Å². The molecule has 0 aliphatic rings. The molecule has 2 atom stereocenters. The summed E-state index contributed by atoms with van der Waals surface area (Å²) in [5, 5.41) is 0. The van der Waals surface area contributed by atoms with Gasteiger partial charge in [-0.15, -0.1) is 0 Å². The molecular formula is C28H54N2. The molecule has 0 fully saturated rings. The summed E-state index contributed by atoms with van der Waals surface area (Å²) < 4.78 is 2.53. The van der Waals surface area contributed by atoms with Crippen molar-refractivity contribution in [3.05, 3.63) is 18.2 Å². The van der Waals surface area contributed by atoms with Crippen LogP contribution in [0.2, 0.25) is 0 Å². The lowest BCUT2D eigenvalue weighted by molar-refractivity contribution is 0.414. The highest BCUT2D eigenvalue weighted by molar-refractivity contribution is 5.02. The van der Waals surface area contributed by atoms with E-state index in [0.29, 0.717) is 12.0 Å². The van der Waals surface area contributed by atoms with Crippen molar-refractivity contribution in [2.24, 2.45) is 0 Å². The van der Waals surface area contributed by atoms with Crippen LogP contribution < -0.4 is 0 Å². The Bertz CT molecular complexity index is 479. The maximum Gasteiger partial charge on any atom is 0.111 e. The predicted octanol–water partition coefficient (Wildman–Crippen LogP) is 10.00. The quantitative estimate of drug-likeness (QED) is 0.182. The van der Waals surface area contributed by atoms with Gasteiger partial charge in [0.05, 0.1) is 0 Å². The Labute approximate surface area is 189 Å². The third-order valence-electron chi connectivity index (χ3n) is 6.83. The number of hydrogen-bond donors (Lipinski definition) is 0. The second-order valence-corrected chi connectivity index (χ2v) is 9.70. The summed E-state index contributed by atoms with van der Waals surface area (Å²) in [7, 11) is 0. The Morgan fingerprint density at radius 1 is 0.633 bits per heavy atom. The van der Waals surface area contributed by atoms with Gasteiger partial charge >= 0.3 is 0 Å². The molecule has 0 saturated carbocycles. The second-order valence-electron chi connectivity index (χ2n) is 9.70. The molecule has 1 aromatic heterocycles. The van der Waals surface area contributed by atoms with Crippen molar-refractivity contribution in [3.8, 4) is 0 Å². The lowest BCUT2D eigenvalue weighted by atomic mass is 9.93. The van der Waals surface area contributed by atoms with E-state index >= 15 is 0 Å². The van der Waals surface area contributed by atoms with E-state index in [4.69, 9.17) is 4.98 Å². The molecule has 0 aromatic carbocycles. The van der Waals surface area contributed by atoms with Gasteiger partial charge in [-0.1, -0.05) is 124 Å². The molecule has 2 unspecified atom stereocenters. The maximum atomic E-state index is 4.88. The standard InChI is InChI=1S/C28H54N2/c1-5-8-11-13-14-15-17-19-21-26(4)30-25-24-29-28(30)27(22-18-10-7-3)23-20-16-12-9-6-2/h24-27H,5-23H2,1-4H3. The number of aromatic nitrogens is 2. The van der Waals surface area contributed by atoms with Crippen molar-refractivity contribution in [1.82, 2.24) is 9.55 Å². The molecule has 1 heterocycles. The average Bonchev–Trinajstić information content (AvgIpc) is 3.24. The van der Waals surface area contributed by atoms with Crippen LogP contribution in [-0.4, -0.2) is 9.55 Å². The van der Waals surface area contributed by atoms with Crippen molar-refractivity contribution in [3.63, 3.8) is 0 Å². The Hall–Kier alpha value is -0.790. The van der Waals surface area contributed by atoms with E-state index in [1.807, 2.05) is 0 Å². The lowest BCUT2D eigenvalue weighted by Crippen LogP contribution is -2.13. The molecule has 0 aliphatic heterocycles. The number of hydrogen-bond acceptors (Lipinski definition) is 1. The van der Waals surface area contributed by atoms with Crippen molar-refractivity contribution in [2.45, 2.75) is 162 Å². The van der Waals surface area contributed by atoms with Gasteiger partial charge in [0.25, 0.3) is 0 Å². The Morgan fingerprint density at radius 3 is 1.63 bits per heavy atom. The van der Waals surface area contributed by atoms with E-state index in [2.05, 4.69) is 44.7 Å². The van der Waals surface area contributed by atoms with Crippen LogP contribution in [0.1, 0.15) is 167 Å². The normalized spacial score (nSPS) is 13.6. The van der Waals surface area contributed by atoms with E-state index < -0.39 is 0 Å². The van der Waals surface area contributed by atoms with Crippen LogP contribution in [0, 0.1) is 0 Å². The molecule has 30 heavy (non-hydrogen) atoms. The van der Waals surface area contributed by atoms with Gasteiger partial charge in [0.1, 0.15) is 5.82 Å². The van der Waals surface area contributed by atoms with Crippen LogP contribution in [0.3, 0.4) is 0 Å². The van der Waals surface area contributed by atoms with Gasteiger partial charge in [-0.2, -0.15) is 0 Å². The van der Waals surface area contributed by atoms with Gasteiger partial charge in [-0.3, -0.25) is 0 Å². The first-order valence-electron chi connectivity index (χ1n) is 13.8. The van der Waals surface area contributed by atoms with E-state index in [9.17, 15) is 0 Å². The molecule has 2 heteroatoms. The Kier molecular flexibility index (Phi) is 17.2. The predicted molar refractivity (Wildman–Crippen MR) is 134 cm³/mol. The highest BCUT2D eigenvalue weighted by Crippen LogP contribution is 2.30. The summed E-state index contributed by atoms with van der Waals surface area (Å²) in [6.07, 6.45) is 30.5. The zero-order valence-electron chi connectivity index (χ0n) is 21.1. The summed E-state index contributed by atoms with van der Waals surface area (Å²) in [6.45, 7) is 9.33. The highest BCUT2D eigenvalue weighted by atomic mass is 15.1. The van der Waals surface area contributed by atoms with Gasteiger partial charge in [0, 0.05) is 24.4 Å². The molecule has 1 aromatic rings. The molecule has 0 spiro atoms. The molecule has 0 radical (unpaired) electrons. The number of imidazole rings is 1. The van der Waals surface area contributed by atoms with E-state index in [-0.39, 0.29) is 0 Å². The summed E-state index contributed by atoms with van der Waals surface area (Å²) in [4.78, 5) is 4.88. The van der Waals surface area contributed by atoms with Crippen molar-refractivity contribution < 1.29 is 0 Å². The lowest BCUT2D eigenvalue weighted by Gasteiger charge is -2.22. The van der Waals surface area contributed by atoms with Gasteiger partial charge < -0.3 is 4.57 Å². The first kappa shape index (κ1) is 27.2. The fraction of sp³-hybridized carbons (Fsp3) is 0.893. The first-order valence-corrected chi connectivity index (χ1v) is 13.8.